The van der Waals surface area contributed by atoms with E-state index in [0.29, 0.717) is 25.9 Å². The highest BCUT2D eigenvalue weighted by Gasteiger charge is 2.22. The van der Waals surface area contributed by atoms with Crippen molar-refractivity contribution in [3.8, 4) is 0 Å². The maximum atomic E-state index is 10.3. The van der Waals surface area contributed by atoms with Gasteiger partial charge >= 0.3 is 0 Å². The smallest absolute Gasteiger partial charge is 0.127 e. The van der Waals surface area contributed by atoms with Gasteiger partial charge in [-0.1, -0.05) is 19.1 Å². The van der Waals surface area contributed by atoms with E-state index in [9.17, 15) is 5.11 Å². The number of aryl methyl sites for hydroxylation is 1. The van der Waals surface area contributed by atoms with Crippen LogP contribution in [0.15, 0.2) is 37.7 Å². The Kier molecular flexibility index (Phi) is 6.39. The Bertz CT molecular complexity index is 390. The van der Waals surface area contributed by atoms with Crippen LogP contribution in [0.1, 0.15) is 31.2 Å². The molecule has 1 rings (SSSR count). The Balaban J connectivity index is 2.46. The lowest BCUT2D eigenvalue weighted by molar-refractivity contribution is 0.0460. The van der Waals surface area contributed by atoms with Gasteiger partial charge in [0.15, 0.2) is 0 Å². The normalized spacial score (nSPS) is 11.3. The van der Waals surface area contributed by atoms with Gasteiger partial charge in [-0.15, -0.1) is 13.2 Å². The molecule has 1 heterocycles. The molecule has 0 amide bonds. The Morgan fingerprint density at radius 1 is 1.26 bits per heavy atom. The zero-order valence-corrected chi connectivity index (χ0v) is 11.6. The number of hydrogen-bond acceptors (Lipinski definition) is 4. The molecule has 0 radical (unpaired) electrons. The van der Waals surface area contributed by atoms with Crippen molar-refractivity contribution in [3.63, 3.8) is 0 Å². The van der Waals surface area contributed by atoms with E-state index in [-0.39, 0.29) is 0 Å². The van der Waals surface area contributed by atoms with Gasteiger partial charge in [0.05, 0.1) is 5.60 Å². The first kappa shape index (κ1) is 15.5. The van der Waals surface area contributed by atoms with Gasteiger partial charge in [0, 0.05) is 37.5 Å². The molecule has 0 aliphatic carbocycles. The average molecular weight is 261 g/mol. The summed E-state index contributed by atoms with van der Waals surface area (Å²) >= 11 is 0. The van der Waals surface area contributed by atoms with Crippen LogP contribution in [0.4, 0.5) is 0 Å². The highest BCUT2D eigenvalue weighted by Crippen LogP contribution is 2.15. The Morgan fingerprint density at radius 2 is 1.84 bits per heavy atom. The molecule has 4 heteroatoms. The maximum absolute atomic E-state index is 10.3. The fourth-order valence-electron chi connectivity index (χ4n) is 1.86. The van der Waals surface area contributed by atoms with Crippen LogP contribution in [0.25, 0.3) is 0 Å². The summed E-state index contributed by atoms with van der Waals surface area (Å²) in [5.41, 5.74) is 0.199. The average Bonchev–Trinajstić information content (AvgIpc) is 2.40. The lowest BCUT2D eigenvalue weighted by Crippen LogP contribution is -2.39. The van der Waals surface area contributed by atoms with Crippen LogP contribution < -0.4 is 5.32 Å². The van der Waals surface area contributed by atoms with Crippen molar-refractivity contribution in [2.75, 3.05) is 6.54 Å². The molecule has 1 aromatic rings. The third-order valence-corrected chi connectivity index (χ3v) is 2.91. The second kappa shape index (κ2) is 7.81. The van der Waals surface area contributed by atoms with Gasteiger partial charge in [0.2, 0.25) is 0 Å². The SMILES string of the molecule is C=CCC(O)(CC=C)CNCc1cnc(CC)nc1. The first-order valence-electron chi connectivity index (χ1n) is 6.58. The summed E-state index contributed by atoms with van der Waals surface area (Å²) in [6.45, 7) is 10.5. The van der Waals surface area contributed by atoms with E-state index in [0.717, 1.165) is 17.8 Å². The van der Waals surface area contributed by atoms with Crippen LogP contribution in [-0.4, -0.2) is 27.2 Å². The number of nitrogens with one attached hydrogen (secondary N) is 1. The van der Waals surface area contributed by atoms with Crippen molar-refractivity contribution in [2.24, 2.45) is 0 Å². The van der Waals surface area contributed by atoms with Crippen LogP contribution in [0, 0.1) is 0 Å². The van der Waals surface area contributed by atoms with Crippen LogP contribution in [-0.2, 0) is 13.0 Å². The fraction of sp³-hybridized carbons (Fsp3) is 0.467. The van der Waals surface area contributed by atoms with Gasteiger partial charge < -0.3 is 10.4 Å². The summed E-state index contributed by atoms with van der Waals surface area (Å²) in [6, 6.07) is 0. The van der Waals surface area contributed by atoms with E-state index >= 15 is 0 Å². The first-order valence-corrected chi connectivity index (χ1v) is 6.58. The quantitative estimate of drug-likeness (QED) is 0.668. The summed E-state index contributed by atoms with van der Waals surface area (Å²) < 4.78 is 0. The monoisotopic (exact) mass is 261 g/mol. The molecule has 0 aliphatic rings. The minimum absolute atomic E-state index is 0.487. The van der Waals surface area contributed by atoms with Crippen molar-refractivity contribution in [2.45, 2.75) is 38.3 Å². The molecule has 4 nitrogen and oxygen atoms in total. The molecule has 0 saturated heterocycles. The van der Waals surface area contributed by atoms with Crippen molar-refractivity contribution in [3.05, 3.63) is 49.1 Å². The summed E-state index contributed by atoms with van der Waals surface area (Å²) in [7, 11) is 0. The first-order chi connectivity index (χ1) is 9.13. The van der Waals surface area contributed by atoms with Gasteiger partial charge in [-0.2, -0.15) is 0 Å². The van der Waals surface area contributed by atoms with Gasteiger partial charge in [-0.3, -0.25) is 0 Å². The Morgan fingerprint density at radius 3 is 2.32 bits per heavy atom. The molecule has 0 spiro atoms. The van der Waals surface area contributed by atoms with Crippen LogP contribution in [0.5, 0.6) is 0 Å². The molecular weight excluding hydrogens is 238 g/mol. The molecule has 0 unspecified atom stereocenters. The minimum Gasteiger partial charge on any atom is -0.388 e. The number of aromatic nitrogens is 2. The Hall–Kier alpha value is -1.52. The predicted octanol–water partition coefficient (Wildman–Crippen LogP) is 2.01. The minimum atomic E-state index is -0.812. The second-order valence-electron chi connectivity index (χ2n) is 4.67. The van der Waals surface area contributed by atoms with E-state index in [1.54, 1.807) is 12.2 Å². The van der Waals surface area contributed by atoms with Crippen molar-refractivity contribution in [1.29, 1.82) is 0 Å². The molecule has 19 heavy (non-hydrogen) atoms. The molecule has 0 fully saturated rings. The molecule has 104 valence electrons. The van der Waals surface area contributed by atoms with Gasteiger partial charge in [0.25, 0.3) is 0 Å². The zero-order chi connectivity index (χ0) is 14.1. The number of rotatable bonds is 9. The van der Waals surface area contributed by atoms with E-state index < -0.39 is 5.60 Å². The second-order valence-corrected chi connectivity index (χ2v) is 4.67. The van der Waals surface area contributed by atoms with Crippen molar-refractivity contribution in [1.82, 2.24) is 15.3 Å². The third kappa shape index (κ3) is 5.32. The fourth-order valence-corrected chi connectivity index (χ4v) is 1.86. The largest absolute Gasteiger partial charge is 0.388 e. The summed E-state index contributed by atoms with van der Waals surface area (Å²) in [5, 5.41) is 13.6. The van der Waals surface area contributed by atoms with Crippen LogP contribution in [0.2, 0.25) is 0 Å². The summed E-state index contributed by atoms with van der Waals surface area (Å²) in [4.78, 5) is 8.48. The van der Waals surface area contributed by atoms with Crippen molar-refractivity contribution >= 4 is 0 Å². The predicted molar refractivity (Wildman–Crippen MR) is 77.7 cm³/mol. The highest BCUT2D eigenvalue weighted by atomic mass is 16.3. The van der Waals surface area contributed by atoms with E-state index in [1.165, 1.54) is 0 Å². The van der Waals surface area contributed by atoms with Crippen molar-refractivity contribution < 1.29 is 5.11 Å². The summed E-state index contributed by atoms with van der Waals surface area (Å²) in [6.07, 6.45) is 9.01. The molecule has 0 aromatic carbocycles. The molecule has 2 N–H and O–H groups in total. The van der Waals surface area contributed by atoms with E-state index in [2.05, 4.69) is 28.4 Å². The molecular formula is C15H23N3O. The van der Waals surface area contributed by atoms with Gasteiger partial charge in [-0.05, 0) is 12.8 Å². The number of hydrogen-bond donors (Lipinski definition) is 2. The summed E-state index contributed by atoms with van der Waals surface area (Å²) in [5.74, 6) is 0.846. The number of nitrogens with zero attached hydrogens (tertiary/aromatic N) is 2. The van der Waals surface area contributed by atoms with Crippen LogP contribution in [0.3, 0.4) is 0 Å². The Labute approximate surface area is 115 Å². The molecule has 1 aromatic heterocycles. The highest BCUT2D eigenvalue weighted by molar-refractivity contribution is 5.05. The molecule has 0 saturated carbocycles. The lowest BCUT2D eigenvalue weighted by Gasteiger charge is -2.26. The zero-order valence-electron chi connectivity index (χ0n) is 11.6. The molecule has 0 atom stereocenters. The van der Waals surface area contributed by atoms with E-state index in [4.69, 9.17) is 0 Å². The molecule has 0 aliphatic heterocycles. The third-order valence-electron chi connectivity index (χ3n) is 2.91. The topological polar surface area (TPSA) is 58.0 Å². The maximum Gasteiger partial charge on any atom is 0.127 e. The molecule has 0 bridgehead atoms. The van der Waals surface area contributed by atoms with Gasteiger partial charge in [-0.25, -0.2) is 9.97 Å². The van der Waals surface area contributed by atoms with Gasteiger partial charge in [0.1, 0.15) is 5.82 Å². The lowest BCUT2D eigenvalue weighted by atomic mass is 9.95. The van der Waals surface area contributed by atoms with Crippen LogP contribution >= 0.6 is 0 Å². The number of aliphatic hydroxyl groups is 1. The standard InChI is InChI=1S/C15H23N3O/c1-4-7-15(19,8-5-2)12-16-9-13-10-17-14(6-3)18-11-13/h4-5,10-11,16,19H,1-2,6-9,12H2,3H3. The van der Waals surface area contributed by atoms with E-state index in [1.807, 2.05) is 19.3 Å².